The van der Waals surface area contributed by atoms with Crippen molar-refractivity contribution in [3.8, 4) is 28.1 Å². The van der Waals surface area contributed by atoms with Crippen LogP contribution in [-0.2, 0) is 11.2 Å². The summed E-state index contributed by atoms with van der Waals surface area (Å²) in [6, 6.07) is 19.7. The molecule has 3 aromatic rings. The molecule has 0 bridgehead atoms. The van der Waals surface area contributed by atoms with E-state index >= 15 is 0 Å². The average Bonchev–Trinajstić information content (AvgIpc) is 2.93. The van der Waals surface area contributed by atoms with Crippen LogP contribution in [0.25, 0.3) is 22.4 Å². The monoisotopic (exact) mass is 517 g/mol. The Labute approximate surface area is 228 Å². The molecular weight excluding hydrogens is 473 g/mol. The minimum Gasteiger partial charge on any atom is -0.424 e. The lowest BCUT2D eigenvalue weighted by atomic mass is 9.96. The number of rotatable bonds is 16. The maximum absolute atomic E-state index is 14.9. The van der Waals surface area contributed by atoms with E-state index in [0.29, 0.717) is 12.2 Å². The number of halogens is 1. The first-order chi connectivity index (χ1) is 18.4. The lowest BCUT2D eigenvalue weighted by Gasteiger charge is -2.18. The number of esters is 1. The molecule has 1 aromatic heterocycles. The van der Waals surface area contributed by atoms with Gasteiger partial charge in [-0.3, -0.25) is 4.98 Å². The molecule has 0 saturated heterocycles. The lowest BCUT2D eigenvalue weighted by molar-refractivity contribution is -0.147. The molecule has 204 valence electrons. The Kier molecular flexibility index (Phi) is 12.0. The van der Waals surface area contributed by atoms with Gasteiger partial charge in [0.2, 0.25) is 5.67 Å². The van der Waals surface area contributed by atoms with Gasteiger partial charge >= 0.3 is 5.97 Å². The van der Waals surface area contributed by atoms with E-state index in [1.807, 2.05) is 30.5 Å². The van der Waals surface area contributed by atoms with Crippen LogP contribution >= 0.6 is 0 Å². The summed E-state index contributed by atoms with van der Waals surface area (Å²) in [4.78, 5) is 17.2. The number of pyridine rings is 1. The molecule has 0 saturated carbocycles. The number of benzene rings is 2. The zero-order valence-corrected chi connectivity index (χ0v) is 23.5. The Bertz CT molecular complexity index is 1110. The average molecular weight is 518 g/mol. The highest BCUT2D eigenvalue weighted by Gasteiger charge is 2.34. The van der Waals surface area contributed by atoms with Gasteiger partial charge in [0.1, 0.15) is 5.75 Å². The predicted molar refractivity (Wildman–Crippen MR) is 156 cm³/mol. The van der Waals surface area contributed by atoms with Crippen molar-refractivity contribution in [1.29, 1.82) is 0 Å². The van der Waals surface area contributed by atoms with Gasteiger partial charge in [-0.2, -0.15) is 0 Å². The summed E-state index contributed by atoms with van der Waals surface area (Å²) >= 11 is 0. The minimum atomic E-state index is -1.98. The number of alkyl halides is 1. The summed E-state index contributed by atoms with van der Waals surface area (Å²) in [5.74, 6) is -0.469. The van der Waals surface area contributed by atoms with Gasteiger partial charge in [0.25, 0.3) is 0 Å². The maximum atomic E-state index is 14.9. The molecule has 0 aliphatic heterocycles. The van der Waals surface area contributed by atoms with Crippen LogP contribution in [0.2, 0.25) is 0 Å². The van der Waals surface area contributed by atoms with Gasteiger partial charge in [-0.25, -0.2) is 9.18 Å². The summed E-state index contributed by atoms with van der Waals surface area (Å²) in [6.45, 7) is 5.71. The number of aromatic nitrogens is 1. The van der Waals surface area contributed by atoms with Crippen LogP contribution in [0.4, 0.5) is 4.39 Å². The van der Waals surface area contributed by atoms with Crippen LogP contribution in [-0.4, -0.2) is 16.6 Å². The number of aryl methyl sites for hydroxylation is 1. The first-order valence-electron chi connectivity index (χ1n) is 14.5. The van der Waals surface area contributed by atoms with E-state index in [2.05, 4.69) is 38.1 Å². The topological polar surface area (TPSA) is 39.2 Å². The van der Waals surface area contributed by atoms with E-state index in [-0.39, 0.29) is 6.42 Å². The predicted octanol–water partition coefficient (Wildman–Crippen LogP) is 9.92. The van der Waals surface area contributed by atoms with E-state index in [4.69, 9.17) is 9.72 Å². The molecule has 0 aliphatic carbocycles. The highest BCUT2D eigenvalue weighted by Crippen LogP contribution is 2.32. The standard InChI is InChI=1S/C34H44FNO2/c1-4-6-8-10-12-16-27-19-24-32(36-26-27)31-18-14-13-17-30(31)28-20-22-29(23-21-28)38-33(37)34(3,35)25-15-11-9-7-5-2/h13-14,17-24,26H,4-12,15-16,25H2,1-3H3. The number of unbranched alkanes of at least 4 members (excludes halogenated alkanes) is 8. The van der Waals surface area contributed by atoms with Gasteiger partial charge in [-0.1, -0.05) is 108 Å². The van der Waals surface area contributed by atoms with Gasteiger partial charge < -0.3 is 4.74 Å². The molecular formula is C34H44FNO2. The number of hydrogen-bond acceptors (Lipinski definition) is 3. The van der Waals surface area contributed by atoms with Crippen molar-refractivity contribution in [2.75, 3.05) is 0 Å². The van der Waals surface area contributed by atoms with Crippen LogP contribution < -0.4 is 4.74 Å². The third-order valence-electron chi connectivity index (χ3n) is 7.15. The van der Waals surface area contributed by atoms with Crippen molar-refractivity contribution in [3.63, 3.8) is 0 Å². The summed E-state index contributed by atoms with van der Waals surface area (Å²) in [7, 11) is 0. The second-order valence-electron chi connectivity index (χ2n) is 10.5. The fourth-order valence-corrected chi connectivity index (χ4v) is 4.70. The van der Waals surface area contributed by atoms with E-state index in [9.17, 15) is 9.18 Å². The van der Waals surface area contributed by atoms with Crippen LogP contribution in [0.15, 0.2) is 66.9 Å². The molecule has 1 atom stereocenters. The van der Waals surface area contributed by atoms with E-state index in [0.717, 1.165) is 54.5 Å². The van der Waals surface area contributed by atoms with Crippen LogP contribution in [0.5, 0.6) is 5.75 Å². The lowest BCUT2D eigenvalue weighted by Crippen LogP contribution is -2.34. The molecule has 2 aromatic carbocycles. The third kappa shape index (κ3) is 9.08. The van der Waals surface area contributed by atoms with Gasteiger partial charge in [0.05, 0.1) is 5.69 Å². The third-order valence-corrected chi connectivity index (χ3v) is 7.15. The number of carbonyl (C=O) groups is 1. The second-order valence-corrected chi connectivity index (χ2v) is 10.5. The molecule has 1 heterocycles. The minimum absolute atomic E-state index is 0.186. The smallest absolute Gasteiger partial charge is 0.348 e. The van der Waals surface area contributed by atoms with Crippen molar-refractivity contribution in [2.45, 2.75) is 103 Å². The molecule has 0 N–H and O–H groups in total. The van der Waals surface area contributed by atoms with Crippen molar-refractivity contribution >= 4 is 5.97 Å². The number of carbonyl (C=O) groups excluding carboxylic acids is 1. The van der Waals surface area contributed by atoms with Gasteiger partial charge in [-0.05, 0) is 67.5 Å². The van der Waals surface area contributed by atoms with E-state index < -0.39 is 11.6 Å². The van der Waals surface area contributed by atoms with Gasteiger partial charge in [0.15, 0.2) is 0 Å². The molecule has 3 nitrogen and oxygen atoms in total. The van der Waals surface area contributed by atoms with Gasteiger partial charge in [-0.15, -0.1) is 0 Å². The van der Waals surface area contributed by atoms with Crippen molar-refractivity contribution in [2.24, 2.45) is 0 Å². The fraction of sp³-hybridized carbons (Fsp3) is 0.471. The first-order valence-corrected chi connectivity index (χ1v) is 14.5. The highest BCUT2D eigenvalue weighted by atomic mass is 19.1. The SMILES string of the molecule is CCCCCCCc1ccc(-c2ccccc2-c2ccc(OC(=O)C(C)(F)CCCCCCC)cc2)nc1. The number of nitrogens with zero attached hydrogens (tertiary/aromatic N) is 1. The van der Waals surface area contributed by atoms with Crippen molar-refractivity contribution < 1.29 is 13.9 Å². The molecule has 0 fully saturated rings. The van der Waals surface area contributed by atoms with Crippen LogP contribution in [0.3, 0.4) is 0 Å². The Hall–Kier alpha value is -3.01. The van der Waals surface area contributed by atoms with Crippen LogP contribution in [0.1, 0.15) is 97.0 Å². The van der Waals surface area contributed by atoms with Crippen molar-refractivity contribution in [3.05, 3.63) is 72.4 Å². The highest BCUT2D eigenvalue weighted by molar-refractivity contribution is 5.83. The summed E-state index contributed by atoms with van der Waals surface area (Å²) in [6.07, 6.45) is 14.6. The Balaban J connectivity index is 1.62. The first kappa shape index (κ1) is 29.5. The van der Waals surface area contributed by atoms with Crippen LogP contribution in [0, 0.1) is 0 Å². The Morgan fingerprint density at radius 1 is 0.789 bits per heavy atom. The van der Waals surface area contributed by atoms with Gasteiger partial charge in [0, 0.05) is 11.8 Å². The van der Waals surface area contributed by atoms with Crippen molar-refractivity contribution in [1.82, 2.24) is 4.98 Å². The largest absolute Gasteiger partial charge is 0.424 e. The maximum Gasteiger partial charge on any atom is 0.348 e. The summed E-state index contributed by atoms with van der Waals surface area (Å²) < 4.78 is 20.3. The molecule has 38 heavy (non-hydrogen) atoms. The quantitative estimate of drug-likeness (QED) is 0.108. The van der Waals surface area contributed by atoms with E-state index in [1.54, 1.807) is 12.1 Å². The normalized spacial score (nSPS) is 12.7. The number of hydrogen-bond donors (Lipinski definition) is 0. The summed E-state index contributed by atoms with van der Waals surface area (Å²) in [5, 5.41) is 0. The molecule has 0 aliphatic rings. The Morgan fingerprint density at radius 2 is 1.42 bits per heavy atom. The molecule has 1 unspecified atom stereocenters. The number of ether oxygens (including phenoxy) is 1. The second kappa shape index (κ2) is 15.4. The zero-order chi connectivity index (χ0) is 27.2. The molecule has 0 spiro atoms. The van der Waals surface area contributed by atoms with E-state index in [1.165, 1.54) is 44.6 Å². The molecule has 3 rings (SSSR count). The molecule has 4 heteroatoms. The fourth-order valence-electron chi connectivity index (χ4n) is 4.70. The molecule has 0 amide bonds. The molecule has 0 radical (unpaired) electrons. The Morgan fingerprint density at radius 3 is 2.05 bits per heavy atom. The summed E-state index contributed by atoms with van der Waals surface area (Å²) in [5.41, 5.74) is 3.30. The zero-order valence-electron chi connectivity index (χ0n) is 23.5.